The van der Waals surface area contributed by atoms with Crippen molar-refractivity contribution in [3.8, 4) is 0 Å². The molecule has 1 aliphatic heterocycles. The third kappa shape index (κ3) is 4.19. The predicted octanol–water partition coefficient (Wildman–Crippen LogP) is 3.86. The summed E-state index contributed by atoms with van der Waals surface area (Å²) in [6.45, 7) is 11.5. The number of hydrogen-bond donors (Lipinski definition) is 0. The Kier molecular flexibility index (Phi) is 5.87. The zero-order valence-corrected chi connectivity index (χ0v) is 10.6. The van der Waals surface area contributed by atoms with Crippen molar-refractivity contribution in [2.45, 2.75) is 33.2 Å². The minimum atomic E-state index is 1.09. The Morgan fingerprint density at radius 2 is 1.62 bits per heavy atom. The average molecular weight is 217 g/mol. The smallest absolute Gasteiger partial charge is 0.0233 e. The van der Waals surface area contributed by atoms with Crippen molar-refractivity contribution >= 4 is 0 Å². The van der Waals surface area contributed by atoms with Crippen LogP contribution in [0.4, 0.5) is 0 Å². The van der Waals surface area contributed by atoms with Gasteiger partial charge in [-0.15, -0.1) is 0 Å². The highest BCUT2D eigenvalue weighted by Gasteiger charge is 2.11. The molecule has 0 radical (unpaired) electrons. The van der Waals surface area contributed by atoms with Crippen molar-refractivity contribution in [3.05, 3.63) is 48.0 Å². The molecule has 0 bridgehead atoms. The Balaban J connectivity index is 0.000000606. The summed E-state index contributed by atoms with van der Waals surface area (Å²) in [6, 6.07) is 10.7. The minimum absolute atomic E-state index is 1.09. The Labute approximate surface area is 99.8 Å². The van der Waals surface area contributed by atoms with Crippen molar-refractivity contribution in [1.82, 2.24) is 4.90 Å². The molecule has 1 aliphatic rings. The lowest BCUT2D eigenvalue weighted by atomic mass is 10.1. The van der Waals surface area contributed by atoms with Gasteiger partial charge in [-0.3, -0.25) is 4.90 Å². The monoisotopic (exact) mass is 217 g/mol. The summed E-state index contributed by atoms with van der Waals surface area (Å²) < 4.78 is 0. The van der Waals surface area contributed by atoms with E-state index in [9.17, 15) is 0 Å². The maximum Gasteiger partial charge on any atom is 0.0233 e. The Morgan fingerprint density at radius 3 is 2.19 bits per heavy atom. The van der Waals surface area contributed by atoms with Crippen LogP contribution in [-0.4, -0.2) is 18.0 Å². The topological polar surface area (TPSA) is 3.24 Å². The van der Waals surface area contributed by atoms with Crippen LogP contribution in [0.1, 0.15) is 32.3 Å². The molecule has 0 atom stereocenters. The summed E-state index contributed by atoms with van der Waals surface area (Å²) in [6.07, 6.45) is 2.35. The van der Waals surface area contributed by atoms with E-state index < -0.39 is 0 Å². The van der Waals surface area contributed by atoms with E-state index in [1.807, 2.05) is 13.8 Å². The molecule has 0 unspecified atom stereocenters. The molecule has 1 aromatic carbocycles. The Morgan fingerprint density at radius 1 is 1.06 bits per heavy atom. The highest BCUT2D eigenvalue weighted by atomic mass is 15.1. The van der Waals surface area contributed by atoms with E-state index in [2.05, 4.69) is 41.8 Å². The Bertz CT molecular complexity index is 292. The quantitative estimate of drug-likeness (QED) is 0.680. The van der Waals surface area contributed by atoms with Crippen molar-refractivity contribution in [2.75, 3.05) is 13.1 Å². The molecule has 0 spiro atoms. The highest BCUT2D eigenvalue weighted by Crippen LogP contribution is 2.16. The van der Waals surface area contributed by atoms with Crippen LogP contribution in [0.3, 0.4) is 0 Å². The summed E-state index contributed by atoms with van der Waals surface area (Å²) in [5, 5.41) is 0. The largest absolute Gasteiger partial charge is 0.298 e. The van der Waals surface area contributed by atoms with Gasteiger partial charge in [0.25, 0.3) is 0 Å². The summed E-state index contributed by atoms with van der Waals surface area (Å²) in [5.74, 6) is 0. The van der Waals surface area contributed by atoms with E-state index in [0.29, 0.717) is 0 Å². The van der Waals surface area contributed by atoms with E-state index in [0.717, 1.165) is 6.54 Å². The van der Waals surface area contributed by atoms with Gasteiger partial charge in [-0.2, -0.15) is 0 Å². The molecule has 0 saturated carbocycles. The van der Waals surface area contributed by atoms with Crippen LogP contribution in [0.15, 0.2) is 42.5 Å². The number of hydrogen-bond acceptors (Lipinski definition) is 1. The van der Waals surface area contributed by atoms with Gasteiger partial charge in [0, 0.05) is 19.6 Å². The SMILES string of the molecule is C=C1CCN(Cc2ccccc2)CC1.CC. The zero-order chi connectivity index (χ0) is 11.8. The molecular formula is C15H23N. The zero-order valence-electron chi connectivity index (χ0n) is 10.6. The fourth-order valence-electron chi connectivity index (χ4n) is 1.87. The molecule has 1 heterocycles. The van der Waals surface area contributed by atoms with Gasteiger partial charge < -0.3 is 0 Å². The summed E-state index contributed by atoms with van der Waals surface area (Å²) in [4.78, 5) is 2.50. The van der Waals surface area contributed by atoms with Crippen LogP contribution < -0.4 is 0 Å². The van der Waals surface area contributed by atoms with E-state index in [1.165, 1.54) is 37.1 Å². The van der Waals surface area contributed by atoms with E-state index in [-0.39, 0.29) is 0 Å². The molecule has 1 fully saturated rings. The van der Waals surface area contributed by atoms with E-state index >= 15 is 0 Å². The van der Waals surface area contributed by atoms with Crippen molar-refractivity contribution < 1.29 is 0 Å². The number of nitrogens with zero attached hydrogens (tertiary/aromatic N) is 1. The van der Waals surface area contributed by atoms with Crippen LogP contribution in [-0.2, 0) is 6.54 Å². The molecule has 0 N–H and O–H groups in total. The van der Waals surface area contributed by atoms with Crippen molar-refractivity contribution in [2.24, 2.45) is 0 Å². The maximum absolute atomic E-state index is 4.03. The minimum Gasteiger partial charge on any atom is -0.298 e. The van der Waals surface area contributed by atoms with Gasteiger partial charge in [0.15, 0.2) is 0 Å². The molecule has 0 amide bonds. The molecule has 2 rings (SSSR count). The molecule has 0 aromatic heterocycles. The summed E-state index contributed by atoms with van der Waals surface area (Å²) >= 11 is 0. The molecule has 1 nitrogen and oxygen atoms in total. The summed E-state index contributed by atoms with van der Waals surface area (Å²) in [5.41, 5.74) is 2.83. The van der Waals surface area contributed by atoms with Crippen LogP contribution >= 0.6 is 0 Å². The molecule has 1 aromatic rings. The fraction of sp³-hybridized carbons (Fsp3) is 0.467. The first-order chi connectivity index (χ1) is 7.84. The first-order valence-corrected chi connectivity index (χ1v) is 6.27. The molecule has 1 saturated heterocycles. The second-order valence-corrected chi connectivity index (χ2v) is 4.01. The lowest BCUT2D eigenvalue weighted by molar-refractivity contribution is 0.248. The van der Waals surface area contributed by atoms with Crippen molar-refractivity contribution in [3.63, 3.8) is 0 Å². The van der Waals surface area contributed by atoms with Gasteiger partial charge in [-0.1, -0.05) is 56.3 Å². The van der Waals surface area contributed by atoms with Crippen molar-refractivity contribution in [1.29, 1.82) is 0 Å². The van der Waals surface area contributed by atoms with Gasteiger partial charge in [-0.25, -0.2) is 0 Å². The lowest BCUT2D eigenvalue weighted by Crippen LogP contribution is -2.29. The van der Waals surface area contributed by atoms with Crippen LogP contribution in [0.25, 0.3) is 0 Å². The third-order valence-corrected chi connectivity index (χ3v) is 2.81. The van der Waals surface area contributed by atoms with E-state index in [1.54, 1.807) is 0 Å². The van der Waals surface area contributed by atoms with Crippen LogP contribution in [0.5, 0.6) is 0 Å². The fourth-order valence-corrected chi connectivity index (χ4v) is 1.87. The molecule has 1 heteroatoms. The maximum atomic E-state index is 4.03. The average Bonchev–Trinajstić information content (AvgIpc) is 2.36. The predicted molar refractivity (Wildman–Crippen MR) is 71.4 cm³/mol. The second kappa shape index (κ2) is 7.24. The van der Waals surface area contributed by atoms with E-state index in [4.69, 9.17) is 0 Å². The highest BCUT2D eigenvalue weighted by molar-refractivity contribution is 5.14. The van der Waals surface area contributed by atoms with Gasteiger partial charge in [-0.05, 0) is 18.4 Å². The lowest BCUT2D eigenvalue weighted by Gasteiger charge is -2.27. The number of benzene rings is 1. The molecule has 16 heavy (non-hydrogen) atoms. The first-order valence-electron chi connectivity index (χ1n) is 6.27. The Hall–Kier alpha value is -1.08. The normalized spacial score (nSPS) is 16.5. The van der Waals surface area contributed by atoms with Gasteiger partial charge in [0.05, 0.1) is 0 Å². The molecular weight excluding hydrogens is 194 g/mol. The standard InChI is InChI=1S/C13H17N.C2H6/c1-12-7-9-14(10-8-12)11-13-5-3-2-4-6-13;1-2/h2-6H,1,7-11H2;1-2H3. The molecule has 0 aliphatic carbocycles. The number of piperidine rings is 1. The van der Waals surface area contributed by atoms with Crippen LogP contribution in [0, 0.1) is 0 Å². The first kappa shape index (κ1) is 13.0. The van der Waals surface area contributed by atoms with Gasteiger partial charge >= 0.3 is 0 Å². The van der Waals surface area contributed by atoms with Gasteiger partial charge in [0.1, 0.15) is 0 Å². The number of rotatable bonds is 2. The molecule has 88 valence electrons. The van der Waals surface area contributed by atoms with Crippen LogP contribution in [0.2, 0.25) is 0 Å². The third-order valence-electron chi connectivity index (χ3n) is 2.81. The number of likely N-dealkylation sites (tertiary alicyclic amines) is 1. The second-order valence-electron chi connectivity index (χ2n) is 4.01. The van der Waals surface area contributed by atoms with Gasteiger partial charge in [0.2, 0.25) is 0 Å². The summed E-state index contributed by atoms with van der Waals surface area (Å²) in [7, 11) is 0.